The lowest BCUT2D eigenvalue weighted by Crippen LogP contribution is -2.49. The number of hydrogen-bond acceptors (Lipinski definition) is 6. The molecule has 0 radical (unpaired) electrons. The Bertz CT molecular complexity index is 1100. The van der Waals surface area contributed by atoms with Crippen LogP contribution in [-0.2, 0) is 15.4 Å². The molecule has 2 aromatic heterocycles. The number of rotatable bonds is 5. The molecule has 1 saturated heterocycles. The van der Waals surface area contributed by atoms with Crippen LogP contribution in [0.25, 0.3) is 11.0 Å². The second-order valence-corrected chi connectivity index (χ2v) is 12.3. The van der Waals surface area contributed by atoms with Crippen molar-refractivity contribution in [1.29, 1.82) is 0 Å². The predicted octanol–water partition coefficient (Wildman–Crippen LogP) is 2.17. The zero-order valence-electron chi connectivity index (χ0n) is 19.2. The van der Waals surface area contributed by atoms with Gasteiger partial charge < -0.3 is 4.90 Å². The van der Waals surface area contributed by atoms with Crippen molar-refractivity contribution in [1.82, 2.24) is 24.6 Å². The van der Waals surface area contributed by atoms with Gasteiger partial charge in [0.15, 0.2) is 5.65 Å². The molecule has 1 saturated carbocycles. The summed E-state index contributed by atoms with van der Waals surface area (Å²) in [7, 11) is -2.98. The summed E-state index contributed by atoms with van der Waals surface area (Å²) in [6, 6.07) is 1.99. The topological polar surface area (TPSA) is 88.4 Å². The van der Waals surface area contributed by atoms with Crippen molar-refractivity contribution in [2.75, 3.05) is 44.7 Å². The van der Waals surface area contributed by atoms with Crippen LogP contribution in [0.4, 0.5) is 0 Å². The van der Waals surface area contributed by atoms with Crippen LogP contribution in [0, 0.1) is 6.92 Å². The molecule has 170 valence electrons. The summed E-state index contributed by atoms with van der Waals surface area (Å²) in [6.45, 7) is 11.3. The van der Waals surface area contributed by atoms with E-state index in [2.05, 4.69) is 25.7 Å². The number of sulfone groups is 1. The van der Waals surface area contributed by atoms with Crippen LogP contribution in [0.15, 0.2) is 6.07 Å². The summed E-state index contributed by atoms with van der Waals surface area (Å²) >= 11 is 0. The van der Waals surface area contributed by atoms with Gasteiger partial charge >= 0.3 is 0 Å². The molecule has 0 bridgehead atoms. The molecule has 8 nitrogen and oxygen atoms in total. The molecular weight excluding hydrogens is 414 g/mol. The van der Waals surface area contributed by atoms with Crippen molar-refractivity contribution in [3.05, 3.63) is 23.0 Å². The van der Waals surface area contributed by atoms with E-state index in [0.717, 1.165) is 35.3 Å². The molecular formula is C22H33N5O3S. The second-order valence-electron chi connectivity index (χ2n) is 10.00. The van der Waals surface area contributed by atoms with Crippen LogP contribution in [0.3, 0.4) is 0 Å². The molecule has 3 heterocycles. The summed E-state index contributed by atoms with van der Waals surface area (Å²) < 4.78 is 24.8. The zero-order valence-corrected chi connectivity index (χ0v) is 20.0. The normalized spacial score (nSPS) is 18.7. The maximum atomic E-state index is 13.6. The summed E-state index contributed by atoms with van der Waals surface area (Å²) in [5.74, 6) is 0.614. The zero-order chi connectivity index (χ0) is 22.6. The van der Waals surface area contributed by atoms with E-state index >= 15 is 0 Å². The van der Waals surface area contributed by atoms with Crippen molar-refractivity contribution in [3.8, 4) is 0 Å². The average molecular weight is 448 g/mol. The summed E-state index contributed by atoms with van der Waals surface area (Å²) in [4.78, 5) is 22.5. The van der Waals surface area contributed by atoms with Gasteiger partial charge in [-0.1, -0.05) is 0 Å². The number of hydrogen-bond donors (Lipinski definition) is 0. The third-order valence-electron chi connectivity index (χ3n) is 6.13. The van der Waals surface area contributed by atoms with E-state index in [1.807, 2.05) is 22.6 Å². The Balaban J connectivity index is 1.62. The molecule has 31 heavy (non-hydrogen) atoms. The van der Waals surface area contributed by atoms with Crippen LogP contribution in [0.2, 0.25) is 0 Å². The lowest BCUT2D eigenvalue weighted by Gasteiger charge is -2.34. The molecule has 1 aliphatic heterocycles. The Morgan fingerprint density at radius 2 is 1.81 bits per heavy atom. The number of piperazine rings is 1. The predicted molar refractivity (Wildman–Crippen MR) is 121 cm³/mol. The number of nitrogens with zero attached hydrogens (tertiary/aromatic N) is 5. The van der Waals surface area contributed by atoms with Crippen LogP contribution in [0.5, 0.6) is 0 Å². The van der Waals surface area contributed by atoms with Gasteiger partial charge in [0.2, 0.25) is 0 Å². The Hall–Kier alpha value is -2.00. The highest BCUT2D eigenvalue weighted by Crippen LogP contribution is 2.41. The number of aryl methyl sites for hydroxylation is 1. The SMILES string of the molecule is Cc1nn(C(C)(C)C)c2nc(C3CC3)cc(C(=O)N3CCN(CCS(C)(=O)=O)CC3)c12. The molecule has 0 unspecified atom stereocenters. The highest BCUT2D eigenvalue weighted by atomic mass is 32.2. The molecule has 2 aliphatic rings. The first-order chi connectivity index (χ1) is 14.4. The third-order valence-corrected chi connectivity index (χ3v) is 7.06. The van der Waals surface area contributed by atoms with Gasteiger partial charge in [-0.3, -0.25) is 9.69 Å². The molecule has 0 atom stereocenters. The fraction of sp³-hybridized carbons (Fsp3) is 0.682. The summed E-state index contributed by atoms with van der Waals surface area (Å²) in [5, 5.41) is 5.60. The van der Waals surface area contributed by atoms with E-state index in [4.69, 9.17) is 10.1 Å². The van der Waals surface area contributed by atoms with Crippen LogP contribution < -0.4 is 0 Å². The van der Waals surface area contributed by atoms with Crippen LogP contribution in [-0.4, -0.2) is 83.6 Å². The first-order valence-electron chi connectivity index (χ1n) is 11.0. The van der Waals surface area contributed by atoms with Gasteiger partial charge in [-0.15, -0.1) is 0 Å². The summed E-state index contributed by atoms with van der Waals surface area (Å²) in [5.41, 5.74) is 3.09. The van der Waals surface area contributed by atoms with E-state index < -0.39 is 9.84 Å². The van der Waals surface area contributed by atoms with Crippen molar-refractivity contribution in [3.63, 3.8) is 0 Å². The Morgan fingerprint density at radius 3 is 2.35 bits per heavy atom. The van der Waals surface area contributed by atoms with Gasteiger partial charge in [0.25, 0.3) is 5.91 Å². The average Bonchev–Trinajstić information content (AvgIpc) is 3.48. The third kappa shape index (κ3) is 4.77. The monoisotopic (exact) mass is 447 g/mol. The lowest BCUT2D eigenvalue weighted by atomic mass is 10.1. The molecule has 0 spiro atoms. The van der Waals surface area contributed by atoms with E-state index in [-0.39, 0.29) is 17.2 Å². The number of carbonyl (C=O) groups excluding carboxylic acids is 1. The quantitative estimate of drug-likeness (QED) is 0.698. The number of fused-ring (bicyclic) bond motifs is 1. The number of carbonyl (C=O) groups is 1. The van der Waals surface area contributed by atoms with Crippen LogP contribution in [0.1, 0.15) is 61.3 Å². The fourth-order valence-corrected chi connectivity index (χ4v) is 4.76. The first-order valence-corrected chi connectivity index (χ1v) is 13.1. The number of pyridine rings is 1. The van der Waals surface area contributed by atoms with E-state index in [9.17, 15) is 13.2 Å². The molecule has 1 amide bonds. The van der Waals surface area contributed by atoms with Crippen LogP contribution >= 0.6 is 0 Å². The molecule has 4 rings (SSSR count). The molecule has 9 heteroatoms. The smallest absolute Gasteiger partial charge is 0.254 e. The number of aromatic nitrogens is 3. The highest BCUT2D eigenvalue weighted by Gasteiger charge is 2.32. The minimum atomic E-state index is -2.98. The van der Waals surface area contributed by atoms with Crippen molar-refractivity contribution < 1.29 is 13.2 Å². The number of amides is 1. The molecule has 2 aromatic rings. The molecule has 1 aliphatic carbocycles. The Labute approximate surface area is 184 Å². The van der Waals surface area contributed by atoms with E-state index in [1.54, 1.807) is 0 Å². The second kappa shape index (κ2) is 7.85. The van der Waals surface area contributed by atoms with Gasteiger partial charge in [-0.05, 0) is 46.6 Å². The lowest BCUT2D eigenvalue weighted by molar-refractivity contribution is 0.0645. The van der Waals surface area contributed by atoms with E-state index in [0.29, 0.717) is 44.2 Å². The molecule has 2 fully saturated rings. The minimum Gasteiger partial charge on any atom is -0.336 e. The van der Waals surface area contributed by atoms with Gasteiger partial charge in [-0.2, -0.15) is 5.10 Å². The largest absolute Gasteiger partial charge is 0.336 e. The van der Waals surface area contributed by atoms with Crippen molar-refractivity contribution in [2.24, 2.45) is 0 Å². The standard InChI is InChI=1S/C22H33N5O3S/c1-15-19-17(21(28)26-10-8-25(9-11-26)12-13-31(5,29)30)14-18(16-6-7-16)23-20(19)27(24-15)22(2,3)4/h14,16H,6-13H2,1-5H3. The van der Waals surface area contributed by atoms with Crippen molar-refractivity contribution in [2.45, 2.75) is 52.0 Å². The van der Waals surface area contributed by atoms with E-state index in [1.165, 1.54) is 6.26 Å². The Morgan fingerprint density at radius 1 is 1.16 bits per heavy atom. The molecule has 0 aromatic carbocycles. The first kappa shape index (κ1) is 22.2. The highest BCUT2D eigenvalue weighted by molar-refractivity contribution is 7.90. The minimum absolute atomic E-state index is 0.0219. The van der Waals surface area contributed by atoms with Gasteiger partial charge in [0.05, 0.1) is 27.9 Å². The maximum Gasteiger partial charge on any atom is 0.254 e. The fourth-order valence-electron chi connectivity index (χ4n) is 4.17. The van der Waals surface area contributed by atoms with Gasteiger partial charge in [-0.25, -0.2) is 18.1 Å². The maximum absolute atomic E-state index is 13.6. The van der Waals surface area contributed by atoms with Gasteiger partial charge in [0.1, 0.15) is 9.84 Å². The molecule has 0 N–H and O–H groups in total. The van der Waals surface area contributed by atoms with Crippen molar-refractivity contribution >= 4 is 26.8 Å². The summed E-state index contributed by atoms with van der Waals surface area (Å²) in [6.07, 6.45) is 3.50. The Kier molecular flexibility index (Phi) is 5.62. The van der Waals surface area contributed by atoms with Gasteiger partial charge in [0, 0.05) is 50.6 Å².